The third-order valence-electron chi connectivity index (χ3n) is 3.11. The van der Waals surface area contributed by atoms with E-state index in [0.717, 1.165) is 28.1 Å². The second-order valence-corrected chi connectivity index (χ2v) is 4.67. The van der Waals surface area contributed by atoms with Crippen molar-refractivity contribution in [2.45, 2.75) is 13.8 Å². The van der Waals surface area contributed by atoms with Gasteiger partial charge in [-0.25, -0.2) is 0 Å². The minimum Gasteiger partial charge on any atom is -0.496 e. The predicted molar refractivity (Wildman–Crippen MR) is 74.1 cm³/mol. The van der Waals surface area contributed by atoms with E-state index in [1.165, 1.54) is 0 Å². The first-order valence-corrected chi connectivity index (χ1v) is 5.97. The topological polar surface area (TPSA) is 53.1 Å². The Morgan fingerprint density at radius 2 is 1.94 bits per heavy atom. The van der Waals surface area contributed by atoms with Crippen LogP contribution < -0.4 is 10.5 Å². The van der Waals surface area contributed by atoms with Gasteiger partial charge in [0.15, 0.2) is 0 Å². The molecule has 0 amide bonds. The summed E-state index contributed by atoms with van der Waals surface area (Å²) in [7, 11) is 3.45. The Balaban J connectivity index is 2.68. The summed E-state index contributed by atoms with van der Waals surface area (Å²) < 4.78 is 7.04. The van der Waals surface area contributed by atoms with Gasteiger partial charge in [-0.1, -0.05) is 11.6 Å². The van der Waals surface area contributed by atoms with Gasteiger partial charge in [-0.2, -0.15) is 5.10 Å². The lowest BCUT2D eigenvalue weighted by Gasteiger charge is -2.13. The van der Waals surface area contributed by atoms with Crippen LogP contribution in [0.4, 0.5) is 5.82 Å². The van der Waals surface area contributed by atoms with Crippen LogP contribution in [0.5, 0.6) is 5.75 Å². The number of benzene rings is 1. The molecule has 0 spiro atoms. The number of hydrogen-bond donors (Lipinski definition) is 1. The van der Waals surface area contributed by atoms with Gasteiger partial charge in [0.2, 0.25) is 0 Å². The largest absolute Gasteiger partial charge is 0.496 e. The van der Waals surface area contributed by atoms with Gasteiger partial charge >= 0.3 is 0 Å². The minimum atomic E-state index is 0.611. The normalized spacial score (nSPS) is 10.7. The summed E-state index contributed by atoms with van der Waals surface area (Å²) in [5.74, 6) is 1.40. The van der Waals surface area contributed by atoms with Crippen molar-refractivity contribution in [3.8, 4) is 17.0 Å². The number of methoxy groups -OCH3 is 1. The molecule has 0 aliphatic carbocycles. The molecule has 0 saturated heterocycles. The third-order valence-corrected chi connectivity index (χ3v) is 3.50. The zero-order valence-corrected chi connectivity index (χ0v) is 11.7. The first-order valence-electron chi connectivity index (χ1n) is 5.59. The molecule has 18 heavy (non-hydrogen) atoms. The van der Waals surface area contributed by atoms with Crippen LogP contribution in [0.1, 0.15) is 11.1 Å². The van der Waals surface area contributed by atoms with Crippen molar-refractivity contribution >= 4 is 17.4 Å². The van der Waals surface area contributed by atoms with Crippen molar-refractivity contribution in [3.05, 3.63) is 28.3 Å². The van der Waals surface area contributed by atoms with Crippen LogP contribution in [-0.2, 0) is 7.05 Å². The quantitative estimate of drug-likeness (QED) is 0.908. The Hall–Kier alpha value is -1.68. The fourth-order valence-corrected chi connectivity index (χ4v) is 2.24. The number of ether oxygens (including phenoxy) is 1. The molecule has 0 aliphatic rings. The van der Waals surface area contributed by atoms with Crippen molar-refractivity contribution in [2.24, 2.45) is 7.05 Å². The van der Waals surface area contributed by atoms with Crippen LogP contribution in [0.2, 0.25) is 5.02 Å². The maximum Gasteiger partial charge on any atom is 0.126 e. The van der Waals surface area contributed by atoms with Crippen LogP contribution in [0.25, 0.3) is 11.3 Å². The summed E-state index contributed by atoms with van der Waals surface area (Å²) in [5, 5.41) is 5.03. The van der Waals surface area contributed by atoms with Gasteiger partial charge < -0.3 is 10.5 Å². The Labute approximate surface area is 111 Å². The molecule has 0 aliphatic heterocycles. The van der Waals surface area contributed by atoms with Crippen LogP contribution in [0, 0.1) is 13.8 Å². The number of rotatable bonds is 2. The molecule has 2 aromatic rings. The number of nitrogens with zero attached hydrogens (tertiary/aromatic N) is 2. The minimum absolute atomic E-state index is 0.611. The van der Waals surface area contributed by atoms with Gasteiger partial charge in [0.1, 0.15) is 11.6 Å². The molecule has 2 N–H and O–H groups in total. The molecule has 0 fully saturated rings. The molecule has 2 rings (SSSR count). The van der Waals surface area contributed by atoms with Gasteiger partial charge in [-0.3, -0.25) is 4.68 Å². The highest BCUT2D eigenvalue weighted by Gasteiger charge is 2.15. The molecule has 4 nitrogen and oxygen atoms in total. The highest BCUT2D eigenvalue weighted by atomic mass is 35.5. The molecule has 0 atom stereocenters. The van der Waals surface area contributed by atoms with E-state index < -0.39 is 0 Å². The Morgan fingerprint density at radius 3 is 2.44 bits per heavy atom. The lowest BCUT2D eigenvalue weighted by Crippen LogP contribution is -1.97. The molecular formula is C13H16ClN3O. The van der Waals surface area contributed by atoms with Crippen molar-refractivity contribution in [2.75, 3.05) is 12.8 Å². The lowest BCUT2D eigenvalue weighted by atomic mass is 10.0. The highest BCUT2D eigenvalue weighted by molar-refractivity contribution is 6.32. The number of halogens is 1. The number of aryl methyl sites for hydroxylation is 1. The molecule has 96 valence electrons. The molecule has 1 aromatic carbocycles. The maximum absolute atomic E-state index is 6.22. The first kappa shape index (κ1) is 12.8. The fraction of sp³-hybridized carbons (Fsp3) is 0.308. The number of anilines is 1. The monoisotopic (exact) mass is 265 g/mol. The van der Waals surface area contributed by atoms with Crippen LogP contribution in [0.15, 0.2) is 12.1 Å². The Bertz CT molecular complexity index is 585. The third kappa shape index (κ3) is 1.93. The summed E-state index contributed by atoms with van der Waals surface area (Å²) in [4.78, 5) is 0. The summed E-state index contributed by atoms with van der Waals surface area (Å²) in [6.07, 6.45) is 0. The van der Waals surface area contributed by atoms with E-state index in [1.54, 1.807) is 18.8 Å². The van der Waals surface area contributed by atoms with Crippen LogP contribution in [-0.4, -0.2) is 16.9 Å². The van der Waals surface area contributed by atoms with Crippen LogP contribution in [0.3, 0.4) is 0 Å². The zero-order chi connectivity index (χ0) is 13.4. The van der Waals surface area contributed by atoms with E-state index in [1.807, 2.05) is 26.0 Å². The summed E-state index contributed by atoms with van der Waals surface area (Å²) in [6.45, 7) is 3.92. The molecular weight excluding hydrogens is 250 g/mol. The maximum atomic E-state index is 6.22. The SMILES string of the molecule is COc1c(C)c(Cl)cc(-c2cc(N)n(C)n2)c1C. The molecule has 5 heteroatoms. The van der Waals surface area contributed by atoms with Gasteiger partial charge in [0.05, 0.1) is 12.8 Å². The van der Waals surface area contributed by atoms with E-state index in [-0.39, 0.29) is 0 Å². The number of nitrogens with two attached hydrogens (primary N) is 1. The van der Waals surface area contributed by atoms with Crippen molar-refractivity contribution < 1.29 is 4.74 Å². The molecule has 1 aromatic heterocycles. The highest BCUT2D eigenvalue weighted by Crippen LogP contribution is 2.37. The predicted octanol–water partition coefficient (Wildman–Crippen LogP) is 2.95. The van der Waals surface area contributed by atoms with E-state index in [9.17, 15) is 0 Å². The number of hydrogen-bond acceptors (Lipinski definition) is 3. The van der Waals surface area contributed by atoms with Gasteiger partial charge in [-0.15, -0.1) is 0 Å². The summed E-state index contributed by atoms with van der Waals surface area (Å²) in [5.41, 5.74) is 9.49. The van der Waals surface area contributed by atoms with E-state index in [2.05, 4.69) is 5.10 Å². The standard InChI is InChI=1S/C13H16ClN3O/c1-7-9(11-6-12(15)17(3)16-11)5-10(14)8(2)13(7)18-4/h5-6H,15H2,1-4H3. The Morgan fingerprint density at radius 1 is 1.28 bits per heavy atom. The molecule has 0 saturated carbocycles. The second-order valence-electron chi connectivity index (χ2n) is 4.27. The smallest absolute Gasteiger partial charge is 0.126 e. The van der Waals surface area contributed by atoms with Crippen LogP contribution >= 0.6 is 11.6 Å². The fourth-order valence-electron chi connectivity index (χ4n) is 2.04. The van der Waals surface area contributed by atoms with Crippen molar-refractivity contribution in [1.82, 2.24) is 9.78 Å². The van der Waals surface area contributed by atoms with Crippen molar-refractivity contribution in [3.63, 3.8) is 0 Å². The summed E-state index contributed by atoms with van der Waals surface area (Å²) >= 11 is 6.22. The Kier molecular flexibility index (Phi) is 3.22. The van der Waals surface area contributed by atoms with E-state index >= 15 is 0 Å². The molecule has 0 unspecified atom stereocenters. The second kappa shape index (κ2) is 4.53. The number of aromatic nitrogens is 2. The van der Waals surface area contributed by atoms with Gasteiger partial charge in [0, 0.05) is 34.8 Å². The summed E-state index contributed by atoms with van der Waals surface area (Å²) in [6, 6.07) is 3.73. The first-order chi connectivity index (χ1) is 8.45. The number of nitrogen functional groups attached to an aromatic ring is 1. The average molecular weight is 266 g/mol. The van der Waals surface area contributed by atoms with Gasteiger partial charge in [0.25, 0.3) is 0 Å². The van der Waals surface area contributed by atoms with Crippen molar-refractivity contribution in [1.29, 1.82) is 0 Å². The molecule has 0 bridgehead atoms. The zero-order valence-electron chi connectivity index (χ0n) is 10.9. The lowest BCUT2D eigenvalue weighted by molar-refractivity contribution is 0.409. The van der Waals surface area contributed by atoms with E-state index in [0.29, 0.717) is 10.8 Å². The van der Waals surface area contributed by atoms with E-state index in [4.69, 9.17) is 22.1 Å². The molecule has 1 heterocycles. The van der Waals surface area contributed by atoms with Gasteiger partial charge in [-0.05, 0) is 19.9 Å². The average Bonchev–Trinajstić information content (AvgIpc) is 2.65. The molecule has 0 radical (unpaired) electrons.